The molecule has 1 aliphatic heterocycles. The van der Waals surface area contributed by atoms with Crippen molar-refractivity contribution in [3.63, 3.8) is 0 Å². The van der Waals surface area contributed by atoms with Crippen molar-refractivity contribution in [2.24, 2.45) is 0 Å². The third-order valence-corrected chi connectivity index (χ3v) is 6.33. The fraction of sp³-hybridized carbons (Fsp3) is 0.435. The summed E-state index contributed by atoms with van der Waals surface area (Å²) in [5, 5.41) is 4.79. The van der Waals surface area contributed by atoms with Gasteiger partial charge in [-0.3, -0.25) is 4.79 Å². The molecule has 30 heavy (non-hydrogen) atoms. The molecule has 0 N–H and O–H groups in total. The van der Waals surface area contributed by atoms with Gasteiger partial charge >= 0.3 is 0 Å². The molecule has 2 aromatic heterocycles. The van der Waals surface area contributed by atoms with E-state index < -0.39 is 0 Å². The summed E-state index contributed by atoms with van der Waals surface area (Å²) in [4.78, 5) is 22.0. The van der Waals surface area contributed by atoms with Crippen molar-refractivity contribution in [2.75, 3.05) is 38.2 Å². The summed E-state index contributed by atoms with van der Waals surface area (Å²) >= 11 is 0. The van der Waals surface area contributed by atoms with Crippen molar-refractivity contribution >= 4 is 17.2 Å². The minimum atomic E-state index is 0.0858. The molecule has 2 aliphatic rings. The van der Waals surface area contributed by atoms with E-state index in [0.29, 0.717) is 13.1 Å². The number of fused-ring (bicyclic) bond motifs is 3. The van der Waals surface area contributed by atoms with Gasteiger partial charge in [0.25, 0.3) is 5.91 Å². The molecule has 7 heteroatoms. The number of hydrogen-bond donors (Lipinski definition) is 0. The Morgan fingerprint density at radius 2 is 1.90 bits per heavy atom. The highest BCUT2D eigenvalue weighted by molar-refractivity contribution is 5.96. The smallest absolute Gasteiger partial charge is 0.254 e. The molecule has 0 spiro atoms. The van der Waals surface area contributed by atoms with Gasteiger partial charge in [0, 0.05) is 49.7 Å². The lowest BCUT2D eigenvalue weighted by Gasteiger charge is -2.36. The molecule has 3 aromatic rings. The summed E-state index contributed by atoms with van der Waals surface area (Å²) in [6, 6.07) is 5.63. The Morgan fingerprint density at radius 3 is 2.67 bits per heavy atom. The Labute approximate surface area is 176 Å². The van der Waals surface area contributed by atoms with E-state index in [-0.39, 0.29) is 5.91 Å². The van der Waals surface area contributed by atoms with Crippen molar-refractivity contribution in [2.45, 2.75) is 32.6 Å². The molecule has 0 bridgehead atoms. The molecular formula is C23H27N5O2. The lowest BCUT2D eigenvalue weighted by atomic mass is 9.97. The predicted molar refractivity (Wildman–Crippen MR) is 115 cm³/mol. The van der Waals surface area contributed by atoms with Gasteiger partial charge in [0.2, 0.25) is 0 Å². The standard InChI is InChI=1S/C23H27N5O2/c1-16-15-17(30-2)7-8-18(16)23(29)27-13-11-26(12-14-27)22-21-19-5-3-4-6-20(19)25-28(21)10-9-24-22/h7-10,15H,3-6,11-14H2,1-2H3. The first kappa shape index (κ1) is 18.9. The van der Waals surface area contributed by atoms with Crippen LogP contribution in [0.4, 0.5) is 5.82 Å². The van der Waals surface area contributed by atoms with Crippen LogP contribution >= 0.6 is 0 Å². The summed E-state index contributed by atoms with van der Waals surface area (Å²) < 4.78 is 7.26. The number of ether oxygens (including phenoxy) is 1. The van der Waals surface area contributed by atoms with Gasteiger partial charge in [0.1, 0.15) is 11.3 Å². The summed E-state index contributed by atoms with van der Waals surface area (Å²) in [6.45, 7) is 4.87. The molecule has 3 heterocycles. The van der Waals surface area contributed by atoms with E-state index in [0.717, 1.165) is 54.1 Å². The van der Waals surface area contributed by atoms with Crippen LogP contribution in [0.1, 0.15) is 40.0 Å². The number of aromatic nitrogens is 3. The molecule has 0 saturated carbocycles. The van der Waals surface area contributed by atoms with E-state index in [1.807, 2.05) is 46.9 Å². The van der Waals surface area contributed by atoms with Gasteiger partial charge in [0.05, 0.1) is 12.8 Å². The normalized spacial score (nSPS) is 16.6. The van der Waals surface area contributed by atoms with Crippen LogP contribution in [0.3, 0.4) is 0 Å². The number of anilines is 1. The van der Waals surface area contributed by atoms with Crippen molar-refractivity contribution in [1.82, 2.24) is 19.5 Å². The monoisotopic (exact) mass is 405 g/mol. The Balaban J connectivity index is 1.35. The third-order valence-electron chi connectivity index (χ3n) is 6.33. The Kier molecular flexibility index (Phi) is 4.81. The minimum absolute atomic E-state index is 0.0858. The topological polar surface area (TPSA) is 63.0 Å². The van der Waals surface area contributed by atoms with Crippen molar-refractivity contribution in [3.8, 4) is 5.75 Å². The van der Waals surface area contributed by atoms with Crippen LogP contribution in [-0.2, 0) is 12.8 Å². The van der Waals surface area contributed by atoms with E-state index in [9.17, 15) is 4.79 Å². The zero-order valence-corrected chi connectivity index (χ0v) is 17.6. The van der Waals surface area contributed by atoms with Crippen LogP contribution in [0.2, 0.25) is 0 Å². The van der Waals surface area contributed by atoms with Gasteiger partial charge in [-0.05, 0) is 56.4 Å². The molecule has 5 rings (SSSR count). The number of amides is 1. The second kappa shape index (κ2) is 7.63. The second-order valence-electron chi connectivity index (χ2n) is 8.14. The number of carbonyl (C=O) groups excluding carboxylic acids is 1. The average Bonchev–Trinajstić information content (AvgIpc) is 3.17. The maximum Gasteiger partial charge on any atom is 0.254 e. The van der Waals surface area contributed by atoms with Crippen LogP contribution in [0.15, 0.2) is 30.6 Å². The highest BCUT2D eigenvalue weighted by Gasteiger charge is 2.27. The lowest BCUT2D eigenvalue weighted by molar-refractivity contribution is 0.0746. The maximum absolute atomic E-state index is 13.1. The largest absolute Gasteiger partial charge is 0.497 e. The number of nitrogens with zero attached hydrogens (tertiary/aromatic N) is 5. The zero-order valence-electron chi connectivity index (χ0n) is 17.6. The number of piperazine rings is 1. The molecule has 1 fully saturated rings. The molecule has 0 atom stereocenters. The Hall–Kier alpha value is -3.09. The highest BCUT2D eigenvalue weighted by atomic mass is 16.5. The fourth-order valence-electron chi connectivity index (χ4n) is 4.67. The fourth-order valence-corrected chi connectivity index (χ4v) is 4.67. The SMILES string of the molecule is COc1ccc(C(=O)N2CCN(c3nccn4nc5c(c34)CCCC5)CC2)c(C)c1. The molecule has 0 unspecified atom stereocenters. The molecular weight excluding hydrogens is 378 g/mol. The third kappa shape index (κ3) is 3.18. The van der Waals surface area contributed by atoms with Crippen LogP contribution in [-0.4, -0.2) is 58.7 Å². The van der Waals surface area contributed by atoms with Gasteiger partial charge < -0.3 is 14.5 Å². The van der Waals surface area contributed by atoms with Crippen LogP contribution in [0.5, 0.6) is 5.75 Å². The van der Waals surface area contributed by atoms with Gasteiger partial charge in [-0.15, -0.1) is 0 Å². The molecule has 1 amide bonds. The highest BCUT2D eigenvalue weighted by Crippen LogP contribution is 2.30. The van der Waals surface area contributed by atoms with Gasteiger partial charge in [-0.1, -0.05) is 0 Å². The van der Waals surface area contributed by atoms with Gasteiger partial charge in [-0.25, -0.2) is 9.50 Å². The lowest BCUT2D eigenvalue weighted by Crippen LogP contribution is -2.49. The van der Waals surface area contributed by atoms with Crippen LogP contribution in [0, 0.1) is 6.92 Å². The van der Waals surface area contributed by atoms with E-state index in [4.69, 9.17) is 14.8 Å². The van der Waals surface area contributed by atoms with Crippen molar-refractivity contribution in [1.29, 1.82) is 0 Å². The number of rotatable bonds is 3. The predicted octanol–water partition coefficient (Wildman–Crippen LogP) is 2.89. The first-order valence-corrected chi connectivity index (χ1v) is 10.7. The van der Waals surface area contributed by atoms with Crippen molar-refractivity contribution in [3.05, 3.63) is 53.0 Å². The number of aryl methyl sites for hydroxylation is 3. The van der Waals surface area contributed by atoms with E-state index >= 15 is 0 Å². The van der Waals surface area contributed by atoms with Crippen LogP contribution < -0.4 is 9.64 Å². The molecule has 0 radical (unpaired) electrons. The summed E-state index contributed by atoms with van der Waals surface area (Å²) in [5.74, 6) is 1.86. The second-order valence-corrected chi connectivity index (χ2v) is 8.14. The first-order valence-electron chi connectivity index (χ1n) is 10.7. The average molecular weight is 406 g/mol. The maximum atomic E-state index is 13.1. The van der Waals surface area contributed by atoms with Gasteiger partial charge in [-0.2, -0.15) is 5.10 Å². The number of benzene rings is 1. The summed E-state index contributed by atoms with van der Waals surface area (Å²) in [7, 11) is 1.64. The molecule has 1 aliphatic carbocycles. The Bertz CT molecular complexity index is 1100. The first-order chi connectivity index (χ1) is 14.7. The summed E-state index contributed by atoms with van der Waals surface area (Å²) in [5.41, 5.74) is 5.42. The van der Waals surface area contributed by atoms with Crippen molar-refractivity contribution < 1.29 is 9.53 Å². The van der Waals surface area contributed by atoms with E-state index in [1.165, 1.54) is 24.1 Å². The quantitative estimate of drug-likeness (QED) is 0.671. The van der Waals surface area contributed by atoms with Crippen LogP contribution in [0.25, 0.3) is 5.52 Å². The summed E-state index contributed by atoms with van der Waals surface area (Å²) in [6.07, 6.45) is 8.34. The number of methoxy groups -OCH3 is 1. The zero-order chi connectivity index (χ0) is 20.7. The molecule has 1 aromatic carbocycles. The minimum Gasteiger partial charge on any atom is -0.497 e. The molecule has 7 nitrogen and oxygen atoms in total. The number of hydrogen-bond acceptors (Lipinski definition) is 5. The van der Waals surface area contributed by atoms with Gasteiger partial charge in [0.15, 0.2) is 5.82 Å². The number of carbonyl (C=O) groups is 1. The molecule has 1 saturated heterocycles. The Morgan fingerprint density at radius 1 is 1.10 bits per heavy atom. The van der Waals surface area contributed by atoms with E-state index in [1.54, 1.807) is 7.11 Å². The molecule has 156 valence electrons. The van der Waals surface area contributed by atoms with E-state index in [2.05, 4.69) is 4.90 Å².